The van der Waals surface area contributed by atoms with Crippen LogP contribution in [-0.2, 0) is 6.42 Å². The third-order valence-electron chi connectivity index (χ3n) is 2.91. The summed E-state index contributed by atoms with van der Waals surface area (Å²) in [7, 11) is 6.72. The highest BCUT2D eigenvalue weighted by atomic mass is 15.3. The smallest absolute Gasteiger partial charge is 0.0937 e. The second-order valence-corrected chi connectivity index (χ2v) is 5.04. The molecule has 1 unspecified atom stereocenters. The average Bonchev–Trinajstić information content (AvgIpc) is 2.17. The highest BCUT2D eigenvalue weighted by molar-refractivity contribution is 5.15. The molecule has 2 heteroatoms. The maximum Gasteiger partial charge on any atom is 0.0937 e. The molecule has 0 aliphatic carbocycles. The van der Waals surface area contributed by atoms with Gasteiger partial charge in [-0.15, -0.1) is 0 Å². The molecular weight excluding hydrogens is 184 g/mol. The molecule has 0 saturated carbocycles. The standard InChI is InChI=1S/C13H23N2/c1-15(2,3)13(9-10-14)11-12-7-5-4-6-8-12/h4-8,13H,9-11,14H2,1-3H3/q+1. The third-order valence-corrected chi connectivity index (χ3v) is 2.91. The van der Waals surface area contributed by atoms with Crippen molar-refractivity contribution >= 4 is 0 Å². The van der Waals surface area contributed by atoms with Crippen LogP contribution >= 0.6 is 0 Å². The Balaban J connectivity index is 2.67. The Bertz CT molecular complexity index is 274. The van der Waals surface area contributed by atoms with E-state index in [1.165, 1.54) is 5.56 Å². The van der Waals surface area contributed by atoms with Crippen LogP contribution in [0.1, 0.15) is 12.0 Å². The maximum absolute atomic E-state index is 5.67. The zero-order valence-electron chi connectivity index (χ0n) is 10.1. The predicted molar refractivity (Wildman–Crippen MR) is 65.6 cm³/mol. The Morgan fingerprint density at radius 2 is 1.73 bits per heavy atom. The molecule has 0 bridgehead atoms. The maximum atomic E-state index is 5.67. The number of likely N-dealkylation sites (N-methyl/N-ethyl adjacent to an activating group) is 1. The van der Waals surface area contributed by atoms with Crippen molar-refractivity contribution in [2.75, 3.05) is 27.7 Å². The van der Waals surface area contributed by atoms with Gasteiger partial charge in [0, 0.05) is 12.8 Å². The number of quaternary nitrogens is 1. The summed E-state index contributed by atoms with van der Waals surface area (Å²) in [6.45, 7) is 0.771. The second kappa shape index (κ2) is 5.29. The molecular formula is C13H23N2+. The van der Waals surface area contributed by atoms with Gasteiger partial charge < -0.3 is 10.2 Å². The van der Waals surface area contributed by atoms with Gasteiger partial charge in [-0.2, -0.15) is 0 Å². The lowest BCUT2D eigenvalue weighted by Crippen LogP contribution is -2.47. The third kappa shape index (κ3) is 4.02. The van der Waals surface area contributed by atoms with Crippen LogP contribution in [-0.4, -0.2) is 38.2 Å². The van der Waals surface area contributed by atoms with E-state index in [-0.39, 0.29) is 0 Å². The molecule has 1 aromatic rings. The molecule has 0 aliphatic heterocycles. The van der Waals surface area contributed by atoms with E-state index in [0.717, 1.165) is 23.9 Å². The van der Waals surface area contributed by atoms with E-state index < -0.39 is 0 Å². The lowest BCUT2D eigenvalue weighted by molar-refractivity contribution is -0.896. The van der Waals surface area contributed by atoms with Crippen molar-refractivity contribution in [1.82, 2.24) is 0 Å². The minimum atomic E-state index is 0.609. The van der Waals surface area contributed by atoms with Crippen molar-refractivity contribution in [3.05, 3.63) is 35.9 Å². The summed E-state index contributed by atoms with van der Waals surface area (Å²) >= 11 is 0. The van der Waals surface area contributed by atoms with E-state index in [4.69, 9.17) is 5.73 Å². The van der Waals surface area contributed by atoms with Crippen molar-refractivity contribution in [1.29, 1.82) is 0 Å². The van der Waals surface area contributed by atoms with Crippen LogP contribution in [0.3, 0.4) is 0 Å². The molecule has 0 aliphatic rings. The van der Waals surface area contributed by atoms with Gasteiger partial charge in [0.2, 0.25) is 0 Å². The van der Waals surface area contributed by atoms with Crippen molar-refractivity contribution in [3.8, 4) is 0 Å². The normalized spacial score (nSPS) is 13.9. The van der Waals surface area contributed by atoms with Gasteiger partial charge >= 0.3 is 0 Å². The van der Waals surface area contributed by atoms with E-state index in [9.17, 15) is 0 Å². The van der Waals surface area contributed by atoms with E-state index in [0.29, 0.717) is 6.04 Å². The molecule has 84 valence electrons. The molecule has 0 aromatic heterocycles. The molecule has 1 rings (SSSR count). The Labute approximate surface area is 93.3 Å². The highest BCUT2D eigenvalue weighted by Gasteiger charge is 2.22. The molecule has 0 amide bonds. The SMILES string of the molecule is C[N+](C)(C)C(CCN)Cc1ccccc1. The van der Waals surface area contributed by atoms with Gasteiger partial charge in [0.15, 0.2) is 0 Å². The number of nitrogens with zero attached hydrogens (tertiary/aromatic N) is 1. The Kier molecular flexibility index (Phi) is 4.30. The van der Waals surface area contributed by atoms with E-state index in [1.807, 2.05) is 0 Å². The van der Waals surface area contributed by atoms with Gasteiger partial charge in [-0.3, -0.25) is 0 Å². The van der Waals surface area contributed by atoms with Crippen LogP contribution in [0.4, 0.5) is 0 Å². The minimum Gasteiger partial charge on any atom is -0.330 e. The molecule has 1 atom stereocenters. The largest absolute Gasteiger partial charge is 0.330 e. The van der Waals surface area contributed by atoms with Gasteiger partial charge in [-0.25, -0.2) is 0 Å². The summed E-state index contributed by atoms with van der Waals surface area (Å²) in [6, 6.07) is 11.3. The van der Waals surface area contributed by atoms with Crippen molar-refractivity contribution in [3.63, 3.8) is 0 Å². The molecule has 0 spiro atoms. The number of benzene rings is 1. The summed E-state index contributed by atoms with van der Waals surface area (Å²) in [5.74, 6) is 0. The zero-order chi connectivity index (χ0) is 11.3. The van der Waals surface area contributed by atoms with E-state index in [2.05, 4.69) is 51.5 Å². The first-order chi connectivity index (χ1) is 7.04. The summed E-state index contributed by atoms with van der Waals surface area (Å²) in [4.78, 5) is 0. The second-order valence-electron chi connectivity index (χ2n) is 5.04. The molecule has 2 N–H and O–H groups in total. The van der Waals surface area contributed by atoms with Crippen LogP contribution in [0.25, 0.3) is 0 Å². The fraction of sp³-hybridized carbons (Fsp3) is 0.538. The quantitative estimate of drug-likeness (QED) is 0.730. The Morgan fingerprint density at radius 3 is 2.20 bits per heavy atom. The monoisotopic (exact) mass is 207 g/mol. The number of hydrogen-bond donors (Lipinski definition) is 1. The highest BCUT2D eigenvalue weighted by Crippen LogP contribution is 2.13. The molecule has 0 heterocycles. The van der Waals surface area contributed by atoms with Crippen LogP contribution in [0, 0.1) is 0 Å². The van der Waals surface area contributed by atoms with Crippen LogP contribution in [0.2, 0.25) is 0 Å². The topological polar surface area (TPSA) is 26.0 Å². The van der Waals surface area contributed by atoms with Crippen molar-refractivity contribution in [2.45, 2.75) is 18.9 Å². The average molecular weight is 207 g/mol. The number of rotatable bonds is 5. The number of nitrogens with two attached hydrogens (primary N) is 1. The van der Waals surface area contributed by atoms with Gasteiger partial charge in [-0.05, 0) is 12.1 Å². The summed E-state index contributed by atoms with van der Waals surface area (Å²) in [6.07, 6.45) is 2.19. The molecule has 15 heavy (non-hydrogen) atoms. The van der Waals surface area contributed by atoms with Gasteiger partial charge in [0.05, 0.1) is 27.2 Å². The first kappa shape index (κ1) is 12.2. The van der Waals surface area contributed by atoms with Crippen LogP contribution in [0.5, 0.6) is 0 Å². The van der Waals surface area contributed by atoms with E-state index in [1.54, 1.807) is 0 Å². The predicted octanol–water partition coefficient (Wildman–Crippen LogP) is 1.65. The van der Waals surface area contributed by atoms with Crippen molar-refractivity contribution in [2.24, 2.45) is 5.73 Å². The fourth-order valence-corrected chi connectivity index (χ4v) is 1.84. The van der Waals surface area contributed by atoms with Crippen LogP contribution in [0.15, 0.2) is 30.3 Å². The molecule has 1 aromatic carbocycles. The lowest BCUT2D eigenvalue weighted by atomic mass is 10.0. The summed E-state index contributed by atoms with van der Waals surface area (Å²) in [5, 5.41) is 0. The lowest BCUT2D eigenvalue weighted by Gasteiger charge is -2.34. The Morgan fingerprint density at radius 1 is 1.13 bits per heavy atom. The first-order valence-corrected chi connectivity index (χ1v) is 5.59. The summed E-state index contributed by atoms with van der Waals surface area (Å²) < 4.78 is 0.978. The number of hydrogen-bond acceptors (Lipinski definition) is 1. The first-order valence-electron chi connectivity index (χ1n) is 5.59. The van der Waals surface area contributed by atoms with Crippen molar-refractivity contribution < 1.29 is 4.48 Å². The Hall–Kier alpha value is -0.860. The van der Waals surface area contributed by atoms with Gasteiger partial charge in [0.25, 0.3) is 0 Å². The fourth-order valence-electron chi connectivity index (χ4n) is 1.84. The molecule has 0 fully saturated rings. The van der Waals surface area contributed by atoms with Gasteiger partial charge in [-0.1, -0.05) is 30.3 Å². The van der Waals surface area contributed by atoms with Gasteiger partial charge in [0.1, 0.15) is 0 Å². The minimum absolute atomic E-state index is 0.609. The molecule has 0 saturated heterocycles. The van der Waals surface area contributed by atoms with Crippen LogP contribution < -0.4 is 5.73 Å². The molecule has 0 radical (unpaired) electrons. The van der Waals surface area contributed by atoms with E-state index >= 15 is 0 Å². The molecule has 2 nitrogen and oxygen atoms in total. The summed E-state index contributed by atoms with van der Waals surface area (Å²) in [5.41, 5.74) is 7.08. The zero-order valence-corrected chi connectivity index (χ0v) is 10.1.